The molecular weight excluding hydrogens is 336 g/mol. The van der Waals surface area contributed by atoms with Crippen LogP contribution in [0.5, 0.6) is 0 Å². The number of piperidine rings is 1. The second kappa shape index (κ2) is 5.87. The molecule has 0 spiro atoms. The van der Waals surface area contributed by atoms with Crippen LogP contribution in [-0.4, -0.2) is 49.6 Å². The first-order chi connectivity index (χ1) is 10.1. The molecule has 0 radical (unpaired) electrons. The Morgan fingerprint density at radius 1 is 1.29 bits per heavy atom. The Morgan fingerprint density at radius 3 is 2.67 bits per heavy atom. The van der Waals surface area contributed by atoms with Crippen LogP contribution in [0.4, 0.5) is 5.69 Å². The highest BCUT2D eigenvalue weighted by atomic mass is 79.9. The largest absolute Gasteiger partial charge is 0.381 e. The molecule has 1 aromatic rings. The van der Waals surface area contributed by atoms with Gasteiger partial charge in [0, 0.05) is 24.7 Å². The highest BCUT2D eigenvalue weighted by Gasteiger charge is 2.37. The number of halogens is 1. The van der Waals surface area contributed by atoms with Gasteiger partial charge in [-0.1, -0.05) is 15.9 Å². The molecule has 0 saturated carbocycles. The van der Waals surface area contributed by atoms with Crippen LogP contribution in [0, 0.1) is 0 Å². The van der Waals surface area contributed by atoms with Gasteiger partial charge in [0.1, 0.15) is 0 Å². The molecule has 1 amide bonds. The number of ketones is 1. The summed E-state index contributed by atoms with van der Waals surface area (Å²) in [5, 5.41) is 0. The van der Waals surface area contributed by atoms with E-state index in [0.717, 1.165) is 30.4 Å². The van der Waals surface area contributed by atoms with Gasteiger partial charge in [-0.15, -0.1) is 0 Å². The van der Waals surface area contributed by atoms with Gasteiger partial charge in [0.15, 0.2) is 0 Å². The molecule has 6 heteroatoms. The first-order valence-corrected chi connectivity index (χ1v) is 7.80. The number of ether oxygens (including phenoxy) is 1. The van der Waals surface area contributed by atoms with Crippen molar-refractivity contribution >= 4 is 33.3 Å². The van der Waals surface area contributed by atoms with Crippen LogP contribution in [0.15, 0.2) is 22.7 Å². The molecule has 0 atom stereocenters. The fourth-order valence-electron chi connectivity index (χ4n) is 2.89. The summed E-state index contributed by atoms with van der Waals surface area (Å²) in [6, 6.07) is 5.33. The van der Waals surface area contributed by atoms with E-state index in [2.05, 4.69) is 20.8 Å². The third kappa shape index (κ3) is 2.75. The summed E-state index contributed by atoms with van der Waals surface area (Å²) in [6.45, 7) is 2.21. The Hall–Kier alpha value is -1.24. The van der Waals surface area contributed by atoms with E-state index in [0.29, 0.717) is 24.0 Å². The van der Waals surface area contributed by atoms with Gasteiger partial charge >= 0.3 is 5.91 Å². The average Bonchev–Trinajstić information content (AvgIpc) is 2.73. The minimum atomic E-state index is -0.433. The van der Waals surface area contributed by atoms with Gasteiger partial charge in [-0.2, -0.15) is 0 Å². The lowest BCUT2D eigenvalue weighted by Crippen LogP contribution is -2.45. The summed E-state index contributed by atoms with van der Waals surface area (Å²) in [6.07, 6.45) is 2.22. The second-order valence-electron chi connectivity index (χ2n) is 5.42. The molecule has 2 aliphatic heterocycles. The van der Waals surface area contributed by atoms with Crippen LogP contribution in [0.3, 0.4) is 0 Å². The molecule has 2 heterocycles. The molecule has 0 N–H and O–H groups in total. The van der Waals surface area contributed by atoms with Crippen molar-refractivity contribution in [3.63, 3.8) is 0 Å². The quantitative estimate of drug-likeness (QED) is 0.781. The average molecular weight is 353 g/mol. The maximum atomic E-state index is 12.2. The van der Waals surface area contributed by atoms with Gasteiger partial charge in [0.2, 0.25) is 0 Å². The Morgan fingerprint density at radius 2 is 2.00 bits per heavy atom. The lowest BCUT2D eigenvalue weighted by Gasteiger charge is -2.33. The van der Waals surface area contributed by atoms with E-state index in [-0.39, 0.29) is 0 Å². The predicted molar refractivity (Wildman–Crippen MR) is 82.4 cm³/mol. The number of anilines is 1. The Bertz CT molecular complexity index is 582. The second-order valence-corrected chi connectivity index (χ2v) is 6.33. The predicted octanol–water partition coefficient (Wildman–Crippen LogP) is 2.05. The monoisotopic (exact) mass is 352 g/mol. The smallest absolute Gasteiger partial charge is 0.300 e. The number of likely N-dealkylation sites (tertiary alicyclic amines) is 1. The molecular formula is C15H17BrN2O3. The number of hydrogen-bond acceptors (Lipinski definition) is 4. The summed E-state index contributed by atoms with van der Waals surface area (Å²) in [5.41, 5.74) is 1.20. The van der Waals surface area contributed by atoms with E-state index in [1.165, 1.54) is 0 Å². The van der Waals surface area contributed by atoms with E-state index in [1.54, 1.807) is 24.1 Å². The van der Waals surface area contributed by atoms with E-state index >= 15 is 0 Å². The number of methoxy groups -OCH3 is 1. The van der Waals surface area contributed by atoms with Crippen molar-refractivity contribution in [1.82, 2.24) is 4.90 Å². The van der Waals surface area contributed by atoms with E-state index in [9.17, 15) is 9.59 Å². The third-order valence-electron chi connectivity index (χ3n) is 4.14. The SMILES string of the molecule is COC1CCN(CN2C(=O)C(=O)c3ccc(Br)cc32)CC1. The Labute approximate surface area is 132 Å². The molecule has 1 fully saturated rings. The number of amides is 1. The van der Waals surface area contributed by atoms with Gasteiger partial charge in [-0.05, 0) is 31.0 Å². The van der Waals surface area contributed by atoms with Crippen LogP contribution in [0.25, 0.3) is 0 Å². The number of carbonyl (C=O) groups is 2. The van der Waals surface area contributed by atoms with Crippen LogP contribution >= 0.6 is 15.9 Å². The van der Waals surface area contributed by atoms with Gasteiger partial charge in [-0.3, -0.25) is 19.4 Å². The molecule has 112 valence electrons. The zero-order valence-electron chi connectivity index (χ0n) is 11.8. The van der Waals surface area contributed by atoms with Crippen molar-refractivity contribution in [2.24, 2.45) is 0 Å². The summed E-state index contributed by atoms with van der Waals surface area (Å²) >= 11 is 3.40. The van der Waals surface area contributed by atoms with E-state index in [1.807, 2.05) is 6.07 Å². The molecule has 5 nitrogen and oxygen atoms in total. The fourth-order valence-corrected chi connectivity index (χ4v) is 3.24. The van der Waals surface area contributed by atoms with Crippen LogP contribution in [0.2, 0.25) is 0 Å². The topological polar surface area (TPSA) is 49.9 Å². The number of rotatable bonds is 3. The van der Waals surface area contributed by atoms with Crippen molar-refractivity contribution in [3.8, 4) is 0 Å². The summed E-state index contributed by atoms with van der Waals surface area (Å²) in [7, 11) is 1.73. The maximum Gasteiger partial charge on any atom is 0.300 e. The molecule has 0 aliphatic carbocycles. The first kappa shape index (κ1) is 14.7. The van der Waals surface area contributed by atoms with Gasteiger partial charge in [-0.25, -0.2) is 0 Å². The first-order valence-electron chi connectivity index (χ1n) is 7.01. The number of Topliss-reactive ketones (excluding diaryl/α,β-unsaturated/α-hetero) is 1. The maximum absolute atomic E-state index is 12.2. The van der Waals surface area contributed by atoms with Crippen LogP contribution in [-0.2, 0) is 9.53 Å². The summed E-state index contributed by atoms with van der Waals surface area (Å²) < 4.78 is 6.22. The standard InChI is InChI=1S/C15H17BrN2O3/c1-21-11-4-6-17(7-5-11)9-18-13-8-10(16)2-3-12(13)14(19)15(18)20/h2-3,8,11H,4-7,9H2,1H3. The summed E-state index contributed by atoms with van der Waals surface area (Å²) in [4.78, 5) is 28.0. The zero-order valence-corrected chi connectivity index (χ0v) is 13.4. The minimum Gasteiger partial charge on any atom is -0.381 e. The van der Waals surface area contributed by atoms with Crippen LogP contribution < -0.4 is 4.90 Å². The lowest BCUT2D eigenvalue weighted by molar-refractivity contribution is -0.114. The molecule has 1 saturated heterocycles. The van der Waals surface area contributed by atoms with Crippen molar-refractivity contribution in [2.45, 2.75) is 18.9 Å². The van der Waals surface area contributed by atoms with Crippen molar-refractivity contribution < 1.29 is 14.3 Å². The van der Waals surface area contributed by atoms with Gasteiger partial charge in [0.05, 0.1) is 24.0 Å². The highest BCUT2D eigenvalue weighted by Crippen LogP contribution is 2.32. The van der Waals surface area contributed by atoms with Crippen molar-refractivity contribution in [3.05, 3.63) is 28.2 Å². The molecule has 2 aliphatic rings. The molecule has 0 aromatic heterocycles. The zero-order chi connectivity index (χ0) is 15.0. The molecule has 0 bridgehead atoms. The summed E-state index contributed by atoms with van der Waals surface area (Å²) in [5.74, 6) is -0.846. The van der Waals surface area contributed by atoms with E-state index < -0.39 is 11.7 Å². The number of fused-ring (bicyclic) bond motifs is 1. The molecule has 0 unspecified atom stereocenters. The Balaban J connectivity index is 1.76. The normalized spacial score (nSPS) is 20.2. The highest BCUT2D eigenvalue weighted by molar-refractivity contribution is 9.10. The molecule has 1 aromatic carbocycles. The third-order valence-corrected chi connectivity index (χ3v) is 4.64. The van der Waals surface area contributed by atoms with Crippen molar-refractivity contribution in [1.29, 1.82) is 0 Å². The number of benzene rings is 1. The lowest BCUT2D eigenvalue weighted by atomic mass is 10.1. The van der Waals surface area contributed by atoms with Gasteiger partial charge in [0.25, 0.3) is 5.78 Å². The fraction of sp³-hybridized carbons (Fsp3) is 0.467. The van der Waals surface area contributed by atoms with E-state index in [4.69, 9.17) is 4.74 Å². The number of hydrogen-bond donors (Lipinski definition) is 0. The Kier molecular flexibility index (Phi) is 4.10. The minimum absolute atomic E-state index is 0.304. The number of carbonyl (C=O) groups excluding carboxylic acids is 2. The molecule has 21 heavy (non-hydrogen) atoms. The van der Waals surface area contributed by atoms with Crippen molar-refractivity contribution in [2.75, 3.05) is 31.8 Å². The van der Waals surface area contributed by atoms with Gasteiger partial charge < -0.3 is 4.74 Å². The number of nitrogens with zero attached hydrogens (tertiary/aromatic N) is 2. The van der Waals surface area contributed by atoms with Crippen LogP contribution in [0.1, 0.15) is 23.2 Å². The molecule has 3 rings (SSSR count).